The molecule has 1 N–H and O–H groups in total. The number of rotatable bonds is 3. The van der Waals surface area contributed by atoms with E-state index in [2.05, 4.69) is 9.97 Å². The van der Waals surface area contributed by atoms with Gasteiger partial charge < -0.3 is 9.45 Å². The van der Waals surface area contributed by atoms with Gasteiger partial charge in [-0.25, -0.2) is 14.2 Å². The zero-order valence-corrected chi connectivity index (χ0v) is 12.1. The van der Waals surface area contributed by atoms with Crippen molar-refractivity contribution >= 4 is 33.5 Å². The Kier molecular flexibility index (Phi) is 3.64. The molecule has 1 aromatic heterocycles. The highest BCUT2D eigenvalue weighted by molar-refractivity contribution is 7.79. The summed E-state index contributed by atoms with van der Waals surface area (Å²) >= 11 is -2.03. The van der Waals surface area contributed by atoms with Crippen molar-refractivity contribution in [3.8, 4) is 0 Å². The van der Waals surface area contributed by atoms with Crippen molar-refractivity contribution < 1.29 is 8.76 Å². The number of benzene rings is 2. The van der Waals surface area contributed by atoms with E-state index in [-0.39, 0.29) is 0 Å². The van der Waals surface area contributed by atoms with Crippen LogP contribution in [0.2, 0.25) is 0 Å². The molecule has 6 heteroatoms. The number of hydrogen-bond acceptors (Lipinski definition) is 4. The Hall–Kier alpha value is -2.31. The highest BCUT2D eigenvalue weighted by Crippen LogP contribution is 2.28. The predicted octanol–water partition coefficient (Wildman–Crippen LogP) is 2.98. The van der Waals surface area contributed by atoms with Gasteiger partial charge in [0.1, 0.15) is 12.1 Å². The van der Waals surface area contributed by atoms with Crippen LogP contribution in [0.1, 0.15) is 0 Å². The SMILES string of the molecule is CN(c1ccccc1)c1ncnc2ccc(S(=O)O)cc12. The third-order valence-corrected chi connectivity index (χ3v) is 3.91. The van der Waals surface area contributed by atoms with Gasteiger partial charge in [-0.3, -0.25) is 0 Å². The molecule has 106 valence electrons. The summed E-state index contributed by atoms with van der Waals surface area (Å²) in [6.45, 7) is 0. The summed E-state index contributed by atoms with van der Waals surface area (Å²) in [4.78, 5) is 10.8. The van der Waals surface area contributed by atoms with E-state index in [4.69, 9.17) is 0 Å². The van der Waals surface area contributed by atoms with E-state index in [0.717, 1.165) is 16.6 Å². The van der Waals surface area contributed by atoms with Crippen LogP contribution in [0, 0.1) is 0 Å². The van der Waals surface area contributed by atoms with E-state index >= 15 is 0 Å². The topological polar surface area (TPSA) is 66.3 Å². The van der Waals surface area contributed by atoms with E-state index in [1.165, 1.54) is 6.33 Å². The number of fused-ring (bicyclic) bond motifs is 1. The molecule has 0 saturated heterocycles. The normalized spacial score (nSPS) is 12.3. The van der Waals surface area contributed by atoms with Gasteiger partial charge in [0.05, 0.1) is 10.4 Å². The van der Waals surface area contributed by atoms with Gasteiger partial charge in [-0.1, -0.05) is 18.2 Å². The first kappa shape index (κ1) is 13.7. The zero-order valence-electron chi connectivity index (χ0n) is 11.3. The van der Waals surface area contributed by atoms with Gasteiger partial charge in [0, 0.05) is 18.1 Å². The number of para-hydroxylation sites is 1. The lowest BCUT2D eigenvalue weighted by atomic mass is 10.2. The third-order valence-electron chi connectivity index (χ3n) is 3.25. The van der Waals surface area contributed by atoms with Gasteiger partial charge >= 0.3 is 0 Å². The zero-order chi connectivity index (χ0) is 14.8. The lowest BCUT2D eigenvalue weighted by Crippen LogP contribution is -2.12. The summed E-state index contributed by atoms with van der Waals surface area (Å²) < 4.78 is 20.5. The summed E-state index contributed by atoms with van der Waals surface area (Å²) in [5, 5.41) is 0.740. The van der Waals surface area contributed by atoms with Crippen LogP contribution >= 0.6 is 0 Å². The Labute approximate surface area is 124 Å². The molecular weight excluding hydrogens is 286 g/mol. The van der Waals surface area contributed by atoms with Crippen LogP contribution in [-0.2, 0) is 11.1 Å². The molecule has 5 nitrogen and oxygen atoms in total. The molecule has 3 aromatic rings. The van der Waals surface area contributed by atoms with Crippen molar-refractivity contribution in [2.45, 2.75) is 4.90 Å². The molecule has 3 rings (SSSR count). The highest BCUT2D eigenvalue weighted by Gasteiger charge is 2.12. The molecule has 0 spiro atoms. The fourth-order valence-electron chi connectivity index (χ4n) is 2.17. The van der Waals surface area contributed by atoms with Gasteiger partial charge in [0.2, 0.25) is 0 Å². The van der Waals surface area contributed by atoms with E-state index in [0.29, 0.717) is 10.7 Å². The molecule has 2 aromatic carbocycles. The molecule has 0 fully saturated rings. The average Bonchev–Trinajstić information content (AvgIpc) is 2.54. The van der Waals surface area contributed by atoms with Gasteiger partial charge in [-0.2, -0.15) is 0 Å². The fourth-order valence-corrected chi connectivity index (χ4v) is 2.58. The quantitative estimate of drug-likeness (QED) is 0.753. The summed E-state index contributed by atoms with van der Waals surface area (Å²) in [6.07, 6.45) is 1.49. The predicted molar refractivity (Wildman–Crippen MR) is 83.1 cm³/mol. The Morgan fingerprint density at radius 3 is 2.57 bits per heavy atom. The number of aromatic nitrogens is 2. The Morgan fingerprint density at radius 2 is 1.86 bits per heavy atom. The second-order valence-corrected chi connectivity index (χ2v) is 5.49. The minimum absolute atomic E-state index is 0.333. The van der Waals surface area contributed by atoms with E-state index in [1.807, 2.05) is 42.3 Å². The van der Waals surface area contributed by atoms with Crippen LogP contribution in [0.15, 0.2) is 59.8 Å². The molecular formula is C15H13N3O2S. The maximum Gasteiger partial charge on any atom is 0.186 e. The second-order valence-electron chi connectivity index (χ2n) is 4.52. The maximum atomic E-state index is 11.3. The molecule has 0 aliphatic rings. The molecule has 0 saturated carbocycles. The van der Waals surface area contributed by atoms with Crippen molar-refractivity contribution in [1.29, 1.82) is 0 Å². The lowest BCUT2D eigenvalue weighted by Gasteiger charge is -2.19. The van der Waals surface area contributed by atoms with Crippen LogP contribution in [0.4, 0.5) is 11.5 Å². The van der Waals surface area contributed by atoms with Crippen LogP contribution in [0.3, 0.4) is 0 Å². The molecule has 0 aliphatic heterocycles. The first-order chi connectivity index (χ1) is 10.2. The molecule has 0 bridgehead atoms. The molecule has 1 atom stereocenters. The van der Waals surface area contributed by atoms with E-state index in [9.17, 15) is 8.76 Å². The fraction of sp³-hybridized carbons (Fsp3) is 0.0667. The Morgan fingerprint density at radius 1 is 1.10 bits per heavy atom. The average molecular weight is 299 g/mol. The number of anilines is 2. The summed E-state index contributed by atoms with van der Waals surface area (Å²) in [5.41, 5.74) is 1.71. The maximum absolute atomic E-state index is 11.3. The second kappa shape index (κ2) is 5.59. The monoisotopic (exact) mass is 299 g/mol. The van der Waals surface area contributed by atoms with Crippen molar-refractivity contribution in [3.05, 3.63) is 54.9 Å². The molecule has 1 heterocycles. The smallest absolute Gasteiger partial charge is 0.186 e. The lowest BCUT2D eigenvalue weighted by molar-refractivity contribution is 0.564. The molecule has 0 amide bonds. The summed E-state index contributed by atoms with van der Waals surface area (Å²) in [5.74, 6) is 0.693. The van der Waals surface area contributed by atoms with Crippen LogP contribution < -0.4 is 4.90 Å². The van der Waals surface area contributed by atoms with Crippen LogP contribution in [-0.4, -0.2) is 25.8 Å². The van der Waals surface area contributed by atoms with Crippen molar-refractivity contribution in [1.82, 2.24) is 9.97 Å². The summed E-state index contributed by atoms with van der Waals surface area (Å²) in [7, 11) is 1.90. The van der Waals surface area contributed by atoms with Gasteiger partial charge in [-0.15, -0.1) is 0 Å². The van der Waals surface area contributed by atoms with E-state index < -0.39 is 11.1 Å². The first-order valence-corrected chi connectivity index (χ1v) is 7.42. The van der Waals surface area contributed by atoms with Gasteiger partial charge in [-0.05, 0) is 30.3 Å². The van der Waals surface area contributed by atoms with Gasteiger partial charge in [0.15, 0.2) is 11.1 Å². The molecule has 0 aliphatic carbocycles. The minimum Gasteiger partial charge on any atom is -0.329 e. The Balaban J connectivity index is 2.18. The van der Waals surface area contributed by atoms with Crippen LogP contribution in [0.25, 0.3) is 10.9 Å². The molecule has 21 heavy (non-hydrogen) atoms. The largest absolute Gasteiger partial charge is 0.329 e. The van der Waals surface area contributed by atoms with Crippen molar-refractivity contribution in [3.63, 3.8) is 0 Å². The molecule has 0 radical (unpaired) electrons. The summed E-state index contributed by atoms with van der Waals surface area (Å²) in [6, 6.07) is 14.8. The number of nitrogens with zero attached hydrogens (tertiary/aromatic N) is 3. The number of hydrogen-bond donors (Lipinski definition) is 1. The van der Waals surface area contributed by atoms with E-state index in [1.54, 1.807) is 18.2 Å². The third kappa shape index (κ3) is 2.63. The first-order valence-electron chi connectivity index (χ1n) is 6.31. The molecule has 1 unspecified atom stereocenters. The standard InChI is InChI=1S/C15H13N3O2S/c1-18(11-5-3-2-4-6-11)15-13-9-12(21(19)20)7-8-14(13)16-10-17-15/h2-10H,1H3,(H,19,20). The Bertz CT molecular complexity index is 808. The van der Waals surface area contributed by atoms with Crippen molar-refractivity contribution in [2.75, 3.05) is 11.9 Å². The van der Waals surface area contributed by atoms with Crippen LogP contribution in [0.5, 0.6) is 0 Å². The minimum atomic E-state index is -2.03. The highest BCUT2D eigenvalue weighted by atomic mass is 32.2. The van der Waals surface area contributed by atoms with Crippen molar-refractivity contribution in [2.24, 2.45) is 0 Å². The van der Waals surface area contributed by atoms with Gasteiger partial charge in [0.25, 0.3) is 0 Å².